The average molecular weight is 531 g/mol. The molecule has 0 spiro atoms. The highest BCUT2D eigenvalue weighted by Gasteiger charge is 2.67. The van der Waals surface area contributed by atoms with E-state index in [1.54, 1.807) is 6.92 Å². The number of β-lactam (4-membered cyclic amide) rings is 1. The number of hydrogen-bond acceptors (Lipinski definition) is 10. The molecule has 1 saturated heterocycles. The highest BCUT2D eigenvalue weighted by atomic mass is 32.2. The number of ether oxygens (including phenoxy) is 1. The molecule has 2 amide bonds. The van der Waals surface area contributed by atoms with Gasteiger partial charge in [0.25, 0.3) is 17.5 Å². The van der Waals surface area contributed by atoms with Crippen LogP contribution in [0.3, 0.4) is 0 Å². The summed E-state index contributed by atoms with van der Waals surface area (Å²) in [6.45, 7) is -0.522. The lowest BCUT2D eigenvalue weighted by Crippen LogP contribution is -2.81. The standard InChI is InChI=1S/C15H17F3N6O6S3/c1-6(32-13-20-22-23-21-13)7-3-31-12-15(30-2,11(28)24(12)9(7)10(26)27)19-8(25)4-33(29)14(17,18)5-16/h6,12H,3-5H2,1-2H3,(H,19,25)(H,26,27)(H,20,21,22,23)/t6?,12-,15-,33?/m0/s1. The Kier molecular flexibility index (Phi) is 7.52. The summed E-state index contributed by atoms with van der Waals surface area (Å²) in [6.07, 6.45) is 0. The fraction of sp³-hybridized carbons (Fsp3) is 0.600. The molecule has 1 aromatic rings. The van der Waals surface area contributed by atoms with Gasteiger partial charge in [-0.2, -0.15) is 8.78 Å². The summed E-state index contributed by atoms with van der Waals surface area (Å²) >= 11 is -0.964. The van der Waals surface area contributed by atoms with Gasteiger partial charge < -0.3 is 19.7 Å². The van der Waals surface area contributed by atoms with Crippen molar-refractivity contribution in [3.05, 3.63) is 11.3 Å². The van der Waals surface area contributed by atoms with Gasteiger partial charge in [-0.15, -0.1) is 16.9 Å². The number of methoxy groups -OCH3 is 1. The van der Waals surface area contributed by atoms with Crippen LogP contribution in [0.1, 0.15) is 6.92 Å². The second kappa shape index (κ2) is 9.69. The van der Waals surface area contributed by atoms with Gasteiger partial charge in [0.05, 0.1) is 0 Å². The predicted molar refractivity (Wildman–Crippen MR) is 109 cm³/mol. The summed E-state index contributed by atoms with van der Waals surface area (Å²) in [5, 5.41) is 19.6. The van der Waals surface area contributed by atoms with Crippen LogP contribution in [0.2, 0.25) is 0 Å². The highest BCUT2D eigenvalue weighted by Crippen LogP contribution is 2.48. The van der Waals surface area contributed by atoms with Crippen LogP contribution in [0.25, 0.3) is 0 Å². The van der Waals surface area contributed by atoms with E-state index in [4.69, 9.17) is 4.74 Å². The van der Waals surface area contributed by atoms with Crippen molar-refractivity contribution in [2.24, 2.45) is 0 Å². The van der Waals surface area contributed by atoms with Crippen LogP contribution in [0.5, 0.6) is 0 Å². The first-order valence-corrected chi connectivity index (χ1v) is 12.2. The number of carbonyl (C=O) groups is 3. The molecule has 3 N–H and O–H groups in total. The zero-order valence-electron chi connectivity index (χ0n) is 16.9. The molecule has 0 aromatic carbocycles. The number of carbonyl (C=O) groups excluding carboxylic acids is 2. The Bertz CT molecular complexity index is 969. The molecule has 182 valence electrons. The van der Waals surface area contributed by atoms with E-state index in [1.807, 2.05) is 0 Å². The molecule has 0 saturated carbocycles. The molecule has 3 heterocycles. The van der Waals surface area contributed by atoms with E-state index in [0.29, 0.717) is 10.7 Å². The molecule has 12 nitrogen and oxygen atoms in total. The van der Waals surface area contributed by atoms with Crippen molar-refractivity contribution in [2.45, 2.75) is 33.7 Å². The topological polar surface area (TPSA) is 173 Å². The number of aliphatic carboxylic acids is 1. The minimum atomic E-state index is -4.23. The first-order valence-electron chi connectivity index (χ1n) is 8.99. The van der Waals surface area contributed by atoms with Crippen LogP contribution in [-0.2, 0) is 30.3 Å². The number of fused-ring (bicyclic) bond motifs is 1. The lowest BCUT2D eigenvalue weighted by atomic mass is 9.97. The quantitative estimate of drug-likeness (QED) is 0.157. The maximum atomic E-state index is 13.2. The third-order valence-corrected chi connectivity index (χ3v) is 8.44. The van der Waals surface area contributed by atoms with Crippen LogP contribution in [-0.4, -0.2) is 99.9 Å². The van der Waals surface area contributed by atoms with Gasteiger partial charge in [-0.3, -0.25) is 14.5 Å². The van der Waals surface area contributed by atoms with Gasteiger partial charge in [-0.05, 0) is 22.9 Å². The highest BCUT2D eigenvalue weighted by molar-refractivity contribution is 8.01. The molecule has 2 aliphatic rings. The Labute approximate surface area is 195 Å². The molecule has 2 unspecified atom stereocenters. The number of carboxylic acids is 1. The van der Waals surface area contributed by atoms with E-state index < -0.39 is 63.0 Å². The summed E-state index contributed by atoms with van der Waals surface area (Å²) in [7, 11) is 1.07. The summed E-state index contributed by atoms with van der Waals surface area (Å²) in [5.41, 5.74) is -1.99. The maximum Gasteiger partial charge on any atom is 0.435 e. The van der Waals surface area contributed by atoms with Gasteiger partial charge in [0, 0.05) is 29.3 Å². The first kappa shape index (κ1) is 25.6. The number of halogens is 3. The largest absolute Gasteiger partial charge is 0.611 e. The molecular formula is C15H17F3N6O6S3. The Morgan fingerprint density at radius 2 is 2.27 bits per heavy atom. The van der Waals surface area contributed by atoms with Crippen LogP contribution in [0.4, 0.5) is 13.2 Å². The van der Waals surface area contributed by atoms with Crippen LogP contribution in [0.15, 0.2) is 16.4 Å². The van der Waals surface area contributed by atoms with Gasteiger partial charge >= 0.3 is 11.2 Å². The third-order valence-electron chi connectivity index (χ3n) is 4.77. The predicted octanol–water partition coefficient (Wildman–Crippen LogP) is -0.296. The van der Waals surface area contributed by atoms with Crippen molar-refractivity contribution < 1.29 is 42.0 Å². The van der Waals surface area contributed by atoms with Gasteiger partial charge in [0.1, 0.15) is 11.1 Å². The fourth-order valence-electron chi connectivity index (χ4n) is 3.18. The van der Waals surface area contributed by atoms with Crippen LogP contribution < -0.4 is 5.32 Å². The fourth-order valence-corrected chi connectivity index (χ4v) is 6.34. The van der Waals surface area contributed by atoms with Gasteiger partial charge in [0.15, 0.2) is 5.75 Å². The van der Waals surface area contributed by atoms with E-state index in [1.165, 1.54) is 0 Å². The van der Waals surface area contributed by atoms with Gasteiger partial charge in [-0.25, -0.2) is 14.3 Å². The Balaban J connectivity index is 1.81. The molecule has 1 fully saturated rings. The number of nitrogens with one attached hydrogen (secondary N) is 2. The lowest BCUT2D eigenvalue weighted by molar-refractivity contribution is -0.192. The van der Waals surface area contributed by atoms with Crippen molar-refractivity contribution in [1.82, 2.24) is 30.8 Å². The average Bonchev–Trinajstić information content (AvgIpc) is 3.28. The zero-order chi connectivity index (χ0) is 24.6. The Morgan fingerprint density at radius 3 is 2.82 bits per heavy atom. The number of aromatic amines is 1. The lowest BCUT2D eigenvalue weighted by Gasteiger charge is -2.56. The monoisotopic (exact) mass is 530 g/mol. The summed E-state index contributed by atoms with van der Waals surface area (Å²) < 4.78 is 55.5. The normalized spacial score (nSPS) is 24.7. The summed E-state index contributed by atoms with van der Waals surface area (Å²) in [5.74, 6) is -4.75. The number of tetrazole rings is 1. The number of hydrogen-bond donors (Lipinski definition) is 3. The van der Waals surface area contributed by atoms with Crippen molar-refractivity contribution in [1.29, 1.82) is 0 Å². The molecule has 4 atom stereocenters. The number of carboxylic acid groups (broad SMARTS) is 1. The minimum absolute atomic E-state index is 0.124. The molecule has 0 bridgehead atoms. The van der Waals surface area contributed by atoms with E-state index in [-0.39, 0.29) is 11.4 Å². The molecule has 18 heteroatoms. The smallest absolute Gasteiger partial charge is 0.435 e. The Morgan fingerprint density at radius 1 is 1.58 bits per heavy atom. The summed E-state index contributed by atoms with van der Waals surface area (Å²) in [6, 6.07) is 0. The molecule has 0 aliphatic carbocycles. The number of aromatic nitrogens is 4. The van der Waals surface area contributed by atoms with E-state index in [0.717, 1.165) is 35.5 Å². The minimum Gasteiger partial charge on any atom is -0.611 e. The van der Waals surface area contributed by atoms with E-state index >= 15 is 0 Å². The van der Waals surface area contributed by atoms with Gasteiger partial charge in [-0.1, -0.05) is 11.8 Å². The number of rotatable bonds is 10. The molecule has 2 aliphatic heterocycles. The van der Waals surface area contributed by atoms with Crippen molar-refractivity contribution >= 4 is 52.5 Å². The third kappa shape index (κ3) is 4.66. The number of thioether (sulfide) groups is 2. The molecule has 0 radical (unpaired) electrons. The van der Waals surface area contributed by atoms with Gasteiger partial charge in [0.2, 0.25) is 11.8 Å². The van der Waals surface area contributed by atoms with Crippen molar-refractivity contribution in [2.75, 3.05) is 25.3 Å². The summed E-state index contributed by atoms with van der Waals surface area (Å²) in [4.78, 5) is 38.1. The Hall–Kier alpha value is -2.02. The zero-order valence-corrected chi connectivity index (χ0v) is 19.4. The second-order valence-corrected chi connectivity index (χ2v) is 10.7. The second-order valence-electron chi connectivity index (χ2n) is 6.73. The first-order chi connectivity index (χ1) is 15.5. The van der Waals surface area contributed by atoms with Crippen LogP contribution in [0, 0.1) is 0 Å². The van der Waals surface area contributed by atoms with Crippen LogP contribution >= 0.6 is 23.5 Å². The number of nitrogens with zero attached hydrogens (tertiary/aromatic N) is 4. The SMILES string of the molecule is CO[C@@]1(NC(=O)C[S+]([O-])C(F)(F)CF)C(=O)N2C(C(=O)O)=C(C(C)Sc3nnn[nH]3)CS[C@H]21. The molecule has 3 rings (SSSR count). The molecular weight excluding hydrogens is 513 g/mol. The molecule has 33 heavy (non-hydrogen) atoms. The van der Waals surface area contributed by atoms with Crippen molar-refractivity contribution in [3.63, 3.8) is 0 Å². The van der Waals surface area contributed by atoms with E-state index in [9.17, 15) is 37.2 Å². The number of alkyl halides is 3. The van der Waals surface area contributed by atoms with E-state index in [2.05, 4.69) is 25.9 Å². The number of amides is 2. The maximum absolute atomic E-state index is 13.2. The molecule has 1 aromatic heterocycles. The number of H-pyrrole nitrogens is 1. The van der Waals surface area contributed by atoms with Crippen molar-refractivity contribution in [3.8, 4) is 0 Å².